The number of benzene rings is 1. The number of hydrogen-bond acceptors (Lipinski definition) is 2. The number of nitrogens with one attached hydrogen (secondary N) is 1. The lowest BCUT2D eigenvalue weighted by molar-refractivity contribution is 0.470. The molecule has 2 heteroatoms. The van der Waals surface area contributed by atoms with Gasteiger partial charge in [-0.15, -0.1) is 0 Å². The van der Waals surface area contributed by atoms with Gasteiger partial charge in [-0.1, -0.05) is 38.3 Å². The van der Waals surface area contributed by atoms with Crippen LogP contribution in [-0.2, 0) is 6.42 Å². The number of unbranched alkanes of at least 4 members (excludes halogenated alkanes) is 1. The van der Waals surface area contributed by atoms with E-state index >= 15 is 0 Å². The minimum atomic E-state index is 0.403. The van der Waals surface area contributed by atoms with Crippen LogP contribution in [0.5, 0.6) is 5.75 Å². The summed E-state index contributed by atoms with van der Waals surface area (Å²) in [6.07, 6.45) is 8.77. The monoisotopic (exact) mass is 317 g/mol. The second-order valence-corrected chi connectivity index (χ2v) is 6.71. The van der Waals surface area contributed by atoms with E-state index in [1.165, 1.54) is 60.9 Å². The van der Waals surface area contributed by atoms with Crippen molar-refractivity contribution in [3.05, 3.63) is 40.1 Å². The summed E-state index contributed by atoms with van der Waals surface area (Å²) in [4.78, 5) is 0. The first kappa shape index (κ1) is 19.6. The van der Waals surface area contributed by atoms with Crippen LogP contribution in [0.4, 0.5) is 0 Å². The summed E-state index contributed by atoms with van der Waals surface area (Å²) in [5, 5.41) is 13.3. The van der Waals surface area contributed by atoms with Crippen LogP contribution < -0.4 is 5.32 Å². The highest BCUT2D eigenvalue weighted by atomic mass is 16.3. The van der Waals surface area contributed by atoms with Gasteiger partial charge in [0.15, 0.2) is 0 Å². The number of aryl methyl sites for hydroxylation is 2. The lowest BCUT2D eigenvalue weighted by Crippen LogP contribution is -2.20. The second kappa shape index (κ2) is 10.4. The van der Waals surface area contributed by atoms with E-state index in [2.05, 4.69) is 39.1 Å². The van der Waals surface area contributed by atoms with Crippen LogP contribution in [-0.4, -0.2) is 11.7 Å². The molecule has 2 rings (SSSR count). The zero-order valence-corrected chi connectivity index (χ0v) is 15.8. The molecule has 0 fully saturated rings. The third-order valence-electron chi connectivity index (χ3n) is 4.63. The maximum Gasteiger partial charge on any atom is 0.118 e. The molecule has 1 aliphatic carbocycles. The van der Waals surface area contributed by atoms with Crippen molar-refractivity contribution in [2.45, 2.75) is 79.6 Å². The van der Waals surface area contributed by atoms with Crippen molar-refractivity contribution in [3.8, 4) is 5.75 Å². The quantitative estimate of drug-likeness (QED) is 0.719. The number of hydrogen-bond donors (Lipinski definition) is 2. The van der Waals surface area contributed by atoms with Crippen LogP contribution in [0.3, 0.4) is 0 Å². The average Bonchev–Trinajstić information content (AvgIpc) is 2.54. The predicted octanol–water partition coefficient (Wildman–Crippen LogP) is 5.80. The highest BCUT2D eigenvalue weighted by Crippen LogP contribution is 2.23. The first-order chi connectivity index (χ1) is 11.0. The molecule has 1 aliphatic rings. The molecule has 0 saturated carbocycles. The minimum absolute atomic E-state index is 0.403. The molecule has 2 nitrogen and oxygen atoms in total. The van der Waals surface area contributed by atoms with E-state index in [4.69, 9.17) is 0 Å². The van der Waals surface area contributed by atoms with Crippen LogP contribution in [0, 0.1) is 13.8 Å². The second-order valence-electron chi connectivity index (χ2n) is 6.71. The Kier molecular flexibility index (Phi) is 8.83. The third-order valence-corrected chi connectivity index (χ3v) is 4.63. The van der Waals surface area contributed by atoms with Crippen molar-refractivity contribution < 1.29 is 5.11 Å². The SMILES string of the molecule is CC1=C(NCCc2cc(C)c(O)cc2C)CCCC1.CCCC. The van der Waals surface area contributed by atoms with E-state index in [1.807, 2.05) is 13.0 Å². The van der Waals surface area contributed by atoms with Gasteiger partial charge in [-0.2, -0.15) is 0 Å². The topological polar surface area (TPSA) is 32.3 Å². The Balaban J connectivity index is 0.000000593. The van der Waals surface area contributed by atoms with Gasteiger partial charge >= 0.3 is 0 Å². The van der Waals surface area contributed by atoms with Gasteiger partial charge in [-0.25, -0.2) is 0 Å². The standard InChI is InChI=1S/C17H25NO.C4H10/c1-12-6-4-5-7-16(12)18-9-8-15-10-14(3)17(19)11-13(15)2;1-3-4-2/h10-11,18-19H,4-9H2,1-3H3;3-4H2,1-2H3. The first-order valence-electron chi connectivity index (χ1n) is 9.21. The fraction of sp³-hybridized carbons (Fsp3) is 0.619. The smallest absolute Gasteiger partial charge is 0.118 e. The van der Waals surface area contributed by atoms with Crippen LogP contribution >= 0.6 is 0 Å². The maximum absolute atomic E-state index is 9.67. The van der Waals surface area contributed by atoms with Crippen LogP contribution in [0.2, 0.25) is 0 Å². The fourth-order valence-corrected chi connectivity index (χ4v) is 2.77. The molecule has 130 valence electrons. The predicted molar refractivity (Wildman–Crippen MR) is 101 cm³/mol. The summed E-state index contributed by atoms with van der Waals surface area (Å²) < 4.78 is 0. The summed E-state index contributed by atoms with van der Waals surface area (Å²) in [7, 11) is 0. The first-order valence-corrected chi connectivity index (χ1v) is 9.21. The number of aromatic hydroxyl groups is 1. The van der Waals surface area contributed by atoms with Gasteiger partial charge in [-0.3, -0.25) is 0 Å². The molecule has 0 atom stereocenters. The van der Waals surface area contributed by atoms with Crippen molar-refractivity contribution in [1.29, 1.82) is 0 Å². The zero-order valence-electron chi connectivity index (χ0n) is 15.8. The van der Waals surface area contributed by atoms with Gasteiger partial charge in [0, 0.05) is 12.2 Å². The molecule has 0 saturated heterocycles. The van der Waals surface area contributed by atoms with Gasteiger partial charge in [-0.05, 0) is 75.6 Å². The largest absolute Gasteiger partial charge is 0.508 e. The summed E-state index contributed by atoms with van der Waals surface area (Å²) in [6.45, 7) is 11.6. The molecular formula is C21H35NO. The van der Waals surface area contributed by atoms with E-state index in [-0.39, 0.29) is 0 Å². The Morgan fingerprint density at radius 1 is 0.957 bits per heavy atom. The molecule has 1 aromatic rings. The van der Waals surface area contributed by atoms with E-state index in [0.717, 1.165) is 18.5 Å². The molecule has 0 aliphatic heterocycles. The zero-order chi connectivity index (χ0) is 17.2. The molecule has 0 bridgehead atoms. The third kappa shape index (κ3) is 6.68. The molecule has 23 heavy (non-hydrogen) atoms. The van der Waals surface area contributed by atoms with E-state index in [0.29, 0.717) is 5.75 Å². The molecule has 2 N–H and O–H groups in total. The molecule has 0 aromatic heterocycles. The van der Waals surface area contributed by atoms with Gasteiger partial charge in [0.25, 0.3) is 0 Å². The molecule has 0 amide bonds. The number of phenolic OH excluding ortho intramolecular Hbond substituents is 1. The van der Waals surface area contributed by atoms with Crippen molar-refractivity contribution in [2.75, 3.05) is 6.54 Å². The Morgan fingerprint density at radius 2 is 1.61 bits per heavy atom. The Labute approximate surface area is 143 Å². The van der Waals surface area contributed by atoms with Crippen molar-refractivity contribution in [1.82, 2.24) is 5.32 Å². The minimum Gasteiger partial charge on any atom is -0.508 e. The molecule has 0 heterocycles. The summed E-state index contributed by atoms with van der Waals surface area (Å²) in [6, 6.07) is 3.98. The highest BCUT2D eigenvalue weighted by molar-refractivity contribution is 5.40. The van der Waals surface area contributed by atoms with Gasteiger partial charge in [0.2, 0.25) is 0 Å². The van der Waals surface area contributed by atoms with E-state index < -0.39 is 0 Å². The van der Waals surface area contributed by atoms with Gasteiger partial charge < -0.3 is 10.4 Å². The van der Waals surface area contributed by atoms with Crippen molar-refractivity contribution in [3.63, 3.8) is 0 Å². The van der Waals surface area contributed by atoms with Gasteiger partial charge in [0.05, 0.1) is 0 Å². The summed E-state index contributed by atoms with van der Waals surface area (Å²) in [5.41, 5.74) is 6.47. The molecule has 0 spiro atoms. The highest BCUT2D eigenvalue weighted by Gasteiger charge is 2.09. The van der Waals surface area contributed by atoms with E-state index in [9.17, 15) is 5.11 Å². The number of rotatable bonds is 5. The van der Waals surface area contributed by atoms with E-state index in [1.54, 1.807) is 0 Å². The molecule has 0 radical (unpaired) electrons. The lowest BCUT2D eigenvalue weighted by Gasteiger charge is -2.19. The van der Waals surface area contributed by atoms with Gasteiger partial charge in [0.1, 0.15) is 5.75 Å². The number of phenols is 1. The van der Waals surface area contributed by atoms with Crippen LogP contribution in [0.1, 0.15) is 76.0 Å². The normalized spacial score (nSPS) is 14.3. The maximum atomic E-state index is 9.67. The number of allylic oxidation sites excluding steroid dienone is 2. The van der Waals surface area contributed by atoms with Crippen LogP contribution in [0.15, 0.2) is 23.4 Å². The average molecular weight is 318 g/mol. The van der Waals surface area contributed by atoms with Crippen molar-refractivity contribution in [2.24, 2.45) is 0 Å². The Hall–Kier alpha value is -1.44. The summed E-state index contributed by atoms with van der Waals surface area (Å²) in [5.74, 6) is 0.403. The Bertz CT molecular complexity index is 515. The lowest BCUT2D eigenvalue weighted by atomic mass is 9.97. The van der Waals surface area contributed by atoms with Crippen molar-refractivity contribution >= 4 is 0 Å². The molecular weight excluding hydrogens is 282 g/mol. The summed E-state index contributed by atoms with van der Waals surface area (Å²) >= 11 is 0. The Morgan fingerprint density at radius 3 is 2.22 bits per heavy atom. The van der Waals surface area contributed by atoms with Crippen LogP contribution in [0.25, 0.3) is 0 Å². The molecule has 0 unspecified atom stereocenters. The molecule has 1 aromatic carbocycles. The fourth-order valence-electron chi connectivity index (χ4n) is 2.77.